The van der Waals surface area contributed by atoms with Crippen molar-refractivity contribution < 1.29 is 4.92 Å². The fraction of sp³-hybridized carbons (Fsp3) is 0.167. The molecule has 0 aromatic carbocycles. The van der Waals surface area contributed by atoms with Crippen LogP contribution in [0.4, 0.5) is 5.69 Å². The molecule has 0 aliphatic heterocycles. The predicted molar refractivity (Wildman–Crippen MR) is 81.9 cm³/mol. The molecule has 0 N–H and O–H groups in total. The zero-order valence-corrected chi connectivity index (χ0v) is 13.3. The van der Waals surface area contributed by atoms with E-state index in [1.54, 1.807) is 17.4 Å². The summed E-state index contributed by atoms with van der Waals surface area (Å²) in [6.45, 7) is 1.93. The van der Waals surface area contributed by atoms with Gasteiger partial charge in [0.1, 0.15) is 16.9 Å². The molecule has 22 heavy (non-hydrogen) atoms. The summed E-state index contributed by atoms with van der Waals surface area (Å²) in [5, 5.41) is 23.0. The molecule has 0 saturated heterocycles. The van der Waals surface area contributed by atoms with Crippen LogP contribution < -0.4 is 0 Å². The highest BCUT2D eigenvalue weighted by Gasteiger charge is 2.15. The van der Waals surface area contributed by atoms with Gasteiger partial charge in [-0.3, -0.25) is 10.1 Å². The molecule has 3 heterocycles. The van der Waals surface area contributed by atoms with Gasteiger partial charge in [-0.1, -0.05) is 0 Å². The number of aryl methyl sites for hydroxylation is 1. The molecule has 0 aliphatic carbocycles. The van der Waals surface area contributed by atoms with Crippen molar-refractivity contribution in [1.82, 2.24) is 24.7 Å². The lowest BCUT2D eigenvalue weighted by molar-refractivity contribution is -0.385. The molecule has 10 heteroatoms. The van der Waals surface area contributed by atoms with Gasteiger partial charge in [0, 0.05) is 18.5 Å². The molecule has 8 nitrogen and oxygen atoms in total. The minimum atomic E-state index is -0.480. The highest BCUT2D eigenvalue weighted by atomic mass is 32.2. The summed E-state index contributed by atoms with van der Waals surface area (Å²) in [5.41, 5.74) is 0.738. The number of thiazole rings is 1. The summed E-state index contributed by atoms with van der Waals surface area (Å²) < 4.78 is 1.82. The predicted octanol–water partition coefficient (Wildman–Crippen LogP) is 2.70. The number of nitro groups is 1. The molecular formula is C12H10N6O2S2. The van der Waals surface area contributed by atoms with E-state index >= 15 is 0 Å². The van der Waals surface area contributed by atoms with Crippen molar-refractivity contribution in [2.24, 2.45) is 7.05 Å². The number of hydrogen-bond acceptors (Lipinski definition) is 8. The van der Waals surface area contributed by atoms with Crippen LogP contribution in [-0.4, -0.2) is 29.7 Å². The Morgan fingerprint density at radius 3 is 2.77 bits per heavy atom. The van der Waals surface area contributed by atoms with Crippen molar-refractivity contribution in [1.29, 1.82) is 0 Å². The van der Waals surface area contributed by atoms with E-state index in [9.17, 15) is 10.1 Å². The van der Waals surface area contributed by atoms with Crippen LogP contribution in [0.3, 0.4) is 0 Å². The lowest BCUT2D eigenvalue weighted by Crippen LogP contribution is -1.95. The maximum atomic E-state index is 10.6. The first-order chi connectivity index (χ1) is 10.5. The Labute approximate surface area is 133 Å². The topological polar surface area (TPSA) is 99.6 Å². The fourth-order valence-corrected chi connectivity index (χ4v) is 3.05. The monoisotopic (exact) mass is 334 g/mol. The summed E-state index contributed by atoms with van der Waals surface area (Å²) >= 11 is 2.84. The van der Waals surface area contributed by atoms with Crippen molar-refractivity contribution >= 4 is 28.8 Å². The van der Waals surface area contributed by atoms with E-state index in [1.165, 1.54) is 24.0 Å². The third kappa shape index (κ3) is 2.83. The van der Waals surface area contributed by atoms with Crippen molar-refractivity contribution in [3.63, 3.8) is 0 Å². The summed E-state index contributed by atoms with van der Waals surface area (Å²) in [5.74, 6) is 0.675. The number of nitrogens with zero attached hydrogens (tertiary/aromatic N) is 6. The maximum absolute atomic E-state index is 10.6. The Bertz CT molecular complexity index is 827. The zero-order valence-electron chi connectivity index (χ0n) is 11.6. The third-order valence-corrected chi connectivity index (χ3v) is 4.57. The molecule has 3 aromatic rings. The normalized spacial score (nSPS) is 10.8. The second-order valence-electron chi connectivity index (χ2n) is 4.33. The second-order valence-corrected chi connectivity index (χ2v) is 6.38. The fourth-order valence-electron chi connectivity index (χ4n) is 1.73. The molecule has 0 amide bonds. The summed E-state index contributed by atoms with van der Waals surface area (Å²) in [4.78, 5) is 18.6. The van der Waals surface area contributed by atoms with Gasteiger partial charge in [0.05, 0.1) is 9.93 Å². The van der Waals surface area contributed by atoms with Gasteiger partial charge in [0.2, 0.25) is 0 Å². The lowest BCUT2D eigenvalue weighted by Gasteiger charge is -2.01. The SMILES string of the molecule is Cc1nc(-c2nnc(Sc3ccc([N+](=O)[O-])cn3)n2C)cs1. The van der Waals surface area contributed by atoms with Crippen LogP contribution in [0.5, 0.6) is 0 Å². The van der Waals surface area contributed by atoms with Crippen molar-refractivity contribution in [2.75, 3.05) is 0 Å². The van der Waals surface area contributed by atoms with E-state index < -0.39 is 4.92 Å². The standard InChI is InChI=1S/C12H10N6O2S2/c1-7-14-9(6-21-7)11-15-16-12(17(11)2)22-10-4-3-8(5-13-10)18(19)20/h3-6H,1-2H3. The molecule has 3 aromatic heterocycles. The van der Waals surface area contributed by atoms with E-state index in [4.69, 9.17) is 0 Å². The van der Waals surface area contributed by atoms with Crippen LogP contribution >= 0.6 is 23.1 Å². The van der Waals surface area contributed by atoms with Gasteiger partial charge < -0.3 is 4.57 Å². The van der Waals surface area contributed by atoms with Crippen LogP contribution in [0.25, 0.3) is 11.5 Å². The van der Waals surface area contributed by atoms with Gasteiger partial charge in [0.15, 0.2) is 11.0 Å². The molecule has 0 radical (unpaired) electrons. The Morgan fingerprint density at radius 1 is 1.36 bits per heavy atom. The summed E-state index contributed by atoms with van der Waals surface area (Å²) in [6.07, 6.45) is 1.23. The Balaban J connectivity index is 1.84. The molecule has 0 spiro atoms. The van der Waals surface area contributed by atoms with E-state index in [1.807, 2.05) is 23.9 Å². The Morgan fingerprint density at radius 2 is 2.18 bits per heavy atom. The van der Waals surface area contributed by atoms with Crippen LogP contribution in [0, 0.1) is 17.0 Å². The number of rotatable bonds is 4. The van der Waals surface area contributed by atoms with Gasteiger partial charge in [-0.15, -0.1) is 21.5 Å². The van der Waals surface area contributed by atoms with Crippen molar-refractivity contribution in [3.05, 3.63) is 38.8 Å². The number of hydrogen-bond donors (Lipinski definition) is 0. The van der Waals surface area contributed by atoms with Gasteiger partial charge in [-0.25, -0.2) is 9.97 Å². The van der Waals surface area contributed by atoms with Crippen molar-refractivity contribution in [2.45, 2.75) is 17.1 Å². The molecule has 0 unspecified atom stereocenters. The van der Waals surface area contributed by atoms with E-state index in [0.717, 1.165) is 10.7 Å². The summed E-state index contributed by atoms with van der Waals surface area (Å²) in [6, 6.07) is 3.00. The Hall–Kier alpha value is -2.33. The quantitative estimate of drug-likeness (QED) is 0.534. The molecular weight excluding hydrogens is 324 g/mol. The summed E-state index contributed by atoms with van der Waals surface area (Å²) in [7, 11) is 1.84. The van der Waals surface area contributed by atoms with Crippen molar-refractivity contribution in [3.8, 4) is 11.5 Å². The average molecular weight is 334 g/mol. The zero-order chi connectivity index (χ0) is 15.7. The molecule has 0 saturated carbocycles. The van der Waals surface area contributed by atoms with E-state index in [-0.39, 0.29) is 5.69 Å². The molecule has 0 bridgehead atoms. The third-order valence-electron chi connectivity index (χ3n) is 2.81. The highest BCUT2D eigenvalue weighted by molar-refractivity contribution is 7.99. The van der Waals surface area contributed by atoms with Crippen LogP contribution in [-0.2, 0) is 7.05 Å². The van der Waals surface area contributed by atoms with E-state index in [2.05, 4.69) is 20.2 Å². The van der Waals surface area contributed by atoms with Gasteiger partial charge in [-0.2, -0.15) is 0 Å². The lowest BCUT2D eigenvalue weighted by atomic mass is 10.4. The van der Waals surface area contributed by atoms with Crippen LogP contribution in [0.2, 0.25) is 0 Å². The maximum Gasteiger partial charge on any atom is 0.287 e. The first kappa shape index (κ1) is 14.6. The molecule has 0 fully saturated rings. The molecule has 0 aliphatic rings. The first-order valence-electron chi connectivity index (χ1n) is 6.15. The number of pyridine rings is 1. The molecule has 112 valence electrons. The number of aromatic nitrogens is 5. The van der Waals surface area contributed by atoms with Gasteiger partial charge in [-0.05, 0) is 24.8 Å². The highest BCUT2D eigenvalue weighted by Crippen LogP contribution is 2.28. The second kappa shape index (κ2) is 5.81. The Kier molecular flexibility index (Phi) is 3.86. The smallest absolute Gasteiger partial charge is 0.287 e. The minimum absolute atomic E-state index is 0.0408. The first-order valence-corrected chi connectivity index (χ1v) is 7.84. The molecule has 0 atom stereocenters. The van der Waals surface area contributed by atoms with Crippen LogP contribution in [0.15, 0.2) is 33.9 Å². The van der Waals surface area contributed by atoms with Gasteiger partial charge >= 0.3 is 0 Å². The van der Waals surface area contributed by atoms with Gasteiger partial charge in [0.25, 0.3) is 5.69 Å². The van der Waals surface area contributed by atoms with Crippen LogP contribution in [0.1, 0.15) is 5.01 Å². The molecule has 3 rings (SSSR count). The average Bonchev–Trinajstić information content (AvgIpc) is 3.07. The largest absolute Gasteiger partial charge is 0.304 e. The minimum Gasteiger partial charge on any atom is -0.304 e. The van der Waals surface area contributed by atoms with E-state index in [0.29, 0.717) is 16.0 Å².